The van der Waals surface area contributed by atoms with Gasteiger partial charge in [-0.3, -0.25) is 14.5 Å². The molecule has 0 N–H and O–H groups in total. The fraction of sp³-hybridized carbons (Fsp3) is 0.429. The molecule has 6 heteroatoms. The molecule has 1 saturated heterocycles. The van der Waals surface area contributed by atoms with Crippen LogP contribution in [0, 0.1) is 0 Å². The number of hydrogen-bond donors (Lipinski definition) is 0. The van der Waals surface area contributed by atoms with Gasteiger partial charge < -0.3 is 4.90 Å². The molecule has 0 aliphatic carbocycles. The van der Waals surface area contributed by atoms with E-state index in [0.29, 0.717) is 9.93 Å². The van der Waals surface area contributed by atoms with E-state index >= 15 is 0 Å². The predicted octanol–water partition coefficient (Wildman–Crippen LogP) is 5.81. The van der Waals surface area contributed by atoms with E-state index in [9.17, 15) is 9.59 Å². The molecule has 1 atom stereocenters. The highest BCUT2D eigenvalue weighted by Crippen LogP contribution is 2.42. The first-order valence-corrected chi connectivity index (χ1v) is 10.3. The Morgan fingerprint density at radius 2 is 1.96 bits per heavy atom. The van der Waals surface area contributed by atoms with Gasteiger partial charge in [0.25, 0.3) is 11.1 Å². The highest BCUT2D eigenvalue weighted by molar-refractivity contribution is 8.18. The van der Waals surface area contributed by atoms with Crippen LogP contribution >= 0.6 is 23.4 Å². The normalized spacial score (nSPS) is 21.6. The number of carbonyl (C=O) groups excluding carboxylic acids is 2. The first-order chi connectivity index (χ1) is 12.6. The van der Waals surface area contributed by atoms with E-state index in [1.54, 1.807) is 6.08 Å². The van der Waals surface area contributed by atoms with Crippen molar-refractivity contribution in [2.45, 2.75) is 52.6 Å². The topological polar surface area (TPSA) is 40.6 Å². The van der Waals surface area contributed by atoms with Crippen molar-refractivity contribution in [3.05, 3.63) is 39.3 Å². The summed E-state index contributed by atoms with van der Waals surface area (Å²) in [7, 11) is 2.05. The van der Waals surface area contributed by atoms with Gasteiger partial charge in [0, 0.05) is 29.4 Å². The highest BCUT2D eigenvalue weighted by atomic mass is 35.5. The zero-order valence-electron chi connectivity index (χ0n) is 16.6. The second kappa shape index (κ2) is 7.02. The van der Waals surface area contributed by atoms with Crippen LogP contribution in [0.15, 0.2) is 23.1 Å². The molecular formula is C21H25ClN2O2S. The number of amides is 2. The summed E-state index contributed by atoms with van der Waals surface area (Å²) in [5, 5.41) is 0.355. The largest absolute Gasteiger partial charge is 0.365 e. The van der Waals surface area contributed by atoms with E-state index in [2.05, 4.69) is 38.8 Å². The first-order valence-electron chi connectivity index (χ1n) is 9.11. The van der Waals surface area contributed by atoms with Crippen LogP contribution in [0.3, 0.4) is 0 Å². The number of fused-ring (bicyclic) bond motifs is 1. The number of anilines is 1. The lowest BCUT2D eigenvalue weighted by molar-refractivity contribution is -0.124. The molecule has 144 valence electrons. The van der Waals surface area contributed by atoms with Gasteiger partial charge in [0.05, 0.1) is 10.4 Å². The van der Waals surface area contributed by atoms with Crippen LogP contribution in [-0.2, 0) is 4.79 Å². The SMILES string of the molecule is CCC(C)N1C(=O)S/C(=C\c2cc3c(cc2Cl)N(C)C(C)(C)C=C3C)C1=O. The summed E-state index contributed by atoms with van der Waals surface area (Å²) in [6.07, 6.45) is 4.70. The number of benzene rings is 1. The van der Waals surface area contributed by atoms with Crippen molar-refractivity contribution in [2.24, 2.45) is 0 Å². The van der Waals surface area contributed by atoms with Crippen LogP contribution in [0.5, 0.6) is 0 Å². The van der Waals surface area contributed by atoms with E-state index in [-0.39, 0.29) is 22.7 Å². The second-order valence-electron chi connectivity index (χ2n) is 7.74. The molecule has 27 heavy (non-hydrogen) atoms. The molecule has 0 aromatic heterocycles. The minimum Gasteiger partial charge on any atom is -0.365 e. The molecule has 1 unspecified atom stereocenters. The summed E-state index contributed by atoms with van der Waals surface area (Å²) in [5.41, 5.74) is 3.99. The first kappa shape index (κ1) is 20.0. The number of thioether (sulfide) groups is 1. The van der Waals surface area contributed by atoms with Gasteiger partial charge in [0.15, 0.2) is 0 Å². The summed E-state index contributed by atoms with van der Waals surface area (Å²) < 4.78 is 0. The number of carbonyl (C=O) groups is 2. The molecule has 4 nitrogen and oxygen atoms in total. The Bertz CT molecular complexity index is 888. The molecular weight excluding hydrogens is 380 g/mol. The maximum Gasteiger partial charge on any atom is 0.293 e. The Labute approximate surface area is 170 Å². The van der Waals surface area contributed by atoms with Crippen molar-refractivity contribution in [3.63, 3.8) is 0 Å². The van der Waals surface area contributed by atoms with Gasteiger partial charge in [-0.15, -0.1) is 0 Å². The van der Waals surface area contributed by atoms with Crippen LogP contribution < -0.4 is 4.90 Å². The van der Waals surface area contributed by atoms with Gasteiger partial charge in [-0.25, -0.2) is 0 Å². The van der Waals surface area contributed by atoms with Gasteiger partial charge in [-0.05, 0) is 75.2 Å². The zero-order chi connectivity index (χ0) is 20.1. The standard InChI is InChI=1S/C21H25ClN2O2S/c1-7-13(3)24-19(25)18(27-20(24)26)9-14-8-15-12(2)11-21(4,5)23(6)17(15)10-16(14)22/h8-11,13H,7H2,1-6H3/b18-9-. The third-order valence-corrected chi connectivity index (χ3v) is 6.69. The second-order valence-corrected chi connectivity index (χ2v) is 9.14. The third-order valence-electron chi connectivity index (χ3n) is 5.48. The molecule has 3 rings (SSSR count). The highest BCUT2D eigenvalue weighted by Gasteiger charge is 2.38. The minimum atomic E-state index is -0.237. The summed E-state index contributed by atoms with van der Waals surface area (Å²) in [6, 6.07) is 3.84. The number of nitrogens with zero attached hydrogens (tertiary/aromatic N) is 2. The number of halogens is 1. The summed E-state index contributed by atoms with van der Waals surface area (Å²) >= 11 is 7.53. The van der Waals surface area contributed by atoms with Crippen molar-refractivity contribution in [3.8, 4) is 0 Å². The fourth-order valence-corrected chi connectivity index (χ4v) is 4.62. The Balaban J connectivity index is 2.03. The van der Waals surface area contributed by atoms with Crippen LogP contribution in [-0.4, -0.2) is 34.7 Å². The molecule has 1 fully saturated rings. The van der Waals surface area contributed by atoms with Crippen LogP contribution in [0.25, 0.3) is 11.6 Å². The minimum absolute atomic E-state index is 0.0964. The van der Waals surface area contributed by atoms with E-state index in [1.165, 1.54) is 10.5 Å². The van der Waals surface area contributed by atoms with Gasteiger partial charge in [-0.2, -0.15) is 0 Å². The lowest BCUT2D eigenvalue weighted by Gasteiger charge is -2.40. The van der Waals surface area contributed by atoms with Gasteiger partial charge in [0.1, 0.15) is 0 Å². The molecule has 2 aliphatic rings. The Morgan fingerprint density at radius 1 is 1.30 bits per heavy atom. The number of rotatable bonds is 3. The van der Waals surface area contributed by atoms with Gasteiger partial charge in [0.2, 0.25) is 0 Å². The van der Waals surface area contributed by atoms with Crippen LogP contribution in [0.4, 0.5) is 10.5 Å². The van der Waals surface area contributed by atoms with E-state index in [0.717, 1.165) is 35.0 Å². The lowest BCUT2D eigenvalue weighted by Crippen LogP contribution is -2.42. The molecule has 0 radical (unpaired) electrons. The predicted molar refractivity (Wildman–Crippen MR) is 115 cm³/mol. The van der Waals surface area contributed by atoms with Crippen LogP contribution in [0.2, 0.25) is 5.02 Å². The van der Waals surface area contributed by atoms with Gasteiger partial charge in [-0.1, -0.05) is 24.6 Å². The van der Waals surface area contributed by atoms with Crippen molar-refractivity contribution >= 4 is 51.8 Å². The summed E-state index contributed by atoms with van der Waals surface area (Å²) in [5.74, 6) is -0.237. The average molecular weight is 405 g/mol. The third kappa shape index (κ3) is 3.43. The van der Waals surface area contributed by atoms with E-state index in [1.807, 2.05) is 26.0 Å². The smallest absolute Gasteiger partial charge is 0.293 e. The van der Waals surface area contributed by atoms with Crippen LogP contribution in [0.1, 0.15) is 52.2 Å². The Hall–Kier alpha value is -1.72. The summed E-state index contributed by atoms with van der Waals surface area (Å²) in [4.78, 5) is 28.9. The van der Waals surface area contributed by atoms with E-state index < -0.39 is 0 Å². The number of hydrogen-bond acceptors (Lipinski definition) is 4. The Kier molecular flexibility index (Phi) is 5.21. The number of imide groups is 1. The molecule has 2 aliphatic heterocycles. The number of likely N-dealkylation sites (N-methyl/N-ethyl adjacent to an activating group) is 1. The maximum absolute atomic E-state index is 12.7. The lowest BCUT2D eigenvalue weighted by atomic mass is 9.88. The molecule has 0 saturated carbocycles. The van der Waals surface area contributed by atoms with E-state index in [4.69, 9.17) is 11.6 Å². The zero-order valence-corrected chi connectivity index (χ0v) is 18.2. The monoisotopic (exact) mass is 404 g/mol. The van der Waals surface area contributed by atoms with Crippen molar-refractivity contribution in [2.75, 3.05) is 11.9 Å². The Morgan fingerprint density at radius 3 is 2.59 bits per heavy atom. The average Bonchev–Trinajstić information content (AvgIpc) is 2.87. The van der Waals surface area contributed by atoms with Crippen molar-refractivity contribution < 1.29 is 9.59 Å². The van der Waals surface area contributed by atoms with Crippen molar-refractivity contribution in [1.29, 1.82) is 0 Å². The molecule has 2 amide bonds. The molecule has 1 aromatic carbocycles. The maximum atomic E-state index is 12.7. The molecule has 2 heterocycles. The molecule has 1 aromatic rings. The fourth-order valence-electron chi connectivity index (χ4n) is 3.48. The molecule has 0 spiro atoms. The van der Waals surface area contributed by atoms with Crippen molar-refractivity contribution in [1.82, 2.24) is 4.90 Å². The molecule has 0 bridgehead atoms. The number of allylic oxidation sites excluding steroid dienone is 1. The van der Waals surface area contributed by atoms with Gasteiger partial charge >= 0.3 is 0 Å². The summed E-state index contributed by atoms with van der Waals surface area (Å²) in [6.45, 7) is 10.3. The quantitative estimate of drug-likeness (QED) is 0.596.